The van der Waals surface area contributed by atoms with Crippen molar-refractivity contribution in [2.75, 3.05) is 25.0 Å². The maximum Gasteiger partial charge on any atom is 0.401 e. The highest BCUT2D eigenvalue weighted by Crippen LogP contribution is 2.33. The van der Waals surface area contributed by atoms with Crippen LogP contribution in [0.3, 0.4) is 0 Å². The number of nitrogens with one attached hydrogen (secondary N) is 2. The first kappa shape index (κ1) is 24.3. The second-order valence-corrected chi connectivity index (χ2v) is 9.74. The van der Waals surface area contributed by atoms with E-state index in [0.29, 0.717) is 43.3 Å². The molecule has 0 spiro atoms. The molecule has 1 fully saturated rings. The average Bonchev–Trinajstić information content (AvgIpc) is 3.32. The Kier molecular flexibility index (Phi) is 6.23. The van der Waals surface area contributed by atoms with Crippen LogP contribution in [-0.4, -0.2) is 51.4 Å². The molecule has 5 rings (SSSR count). The first-order valence-corrected chi connectivity index (χ1v) is 12.1. The molecule has 2 aliphatic rings. The normalized spacial score (nSPS) is 18.8. The summed E-state index contributed by atoms with van der Waals surface area (Å²) in [6.07, 6.45) is -2.72. The van der Waals surface area contributed by atoms with Crippen LogP contribution in [0.5, 0.6) is 0 Å². The lowest BCUT2D eigenvalue weighted by atomic mass is 9.89. The average molecular weight is 499 g/mol. The molecule has 0 saturated carbocycles. The number of carbonyl (C=O) groups excluding carboxylic acids is 1. The second kappa shape index (κ2) is 9.24. The van der Waals surface area contributed by atoms with Crippen molar-refractivity contribution in [2.24, 2.45) is 7.05 Å². The van der Waals surface area contributed by atoms with E-state index in [1.807, 2.05) is 57.3 Å². The number of likely N-dealkylation sites (tertiary alicyclic amines) is 1. The molecule has 0 bridgehead atoms. The Morgan fingerprint density at radius 1 is 1.14 bits per heavy atom. The van der Waals surface area contributed by atoms with Crippen molar-refractivity contribution in [2.45, 2.75) is 44.8 Å². The molecule has 1 aromatic heterocycles. The van der Waals surface area contributed by atoms with Crippen molar-refractivity contribution in [3.05, 3.63) is 58.7 Å². The van der Waals surface area contributed by atoms with Crippen LogP contribution >= 0.6 is 0 Å². The van der Waals surface area contributed by atoms with E-state index in [1.54, 1.807) is 4.68 Å². The third-order valence-electron chi connectivity index (χ3n) is 7.10. The van der Waals surface area contributed by atoms with Gasteiger partial charge in [0.05, 0.1) is 12.6 Å². The lowest BCUT2D eigenvalue weighted by Crippen LogP contribution is -2.39. The van der Waals surface area contributed by atoms with Crippen LogP contribution in [0, 0.1) is 6.92 Å². The number of fused-ring (bicyclic) bond motifs is 1. The minimum atomic E-state index is -4.15. The zero-order valence-electron chi connectivity index (χ0n) is 20.5. The summed E-state index contributed by atoms with van der Waals surface area (Å²) in [5.74, 6) is 1.36. The van der Waals surface area contributed by atoms with Gasteiger partial charge in [-0.2, -0.15) is 18.2 Å². The number of hydrogen-bond acceptors (Lipinski definition) is 5. The van der Waals surface area contributed by atoms with E-state index in [0.717, 1.165) is 27.9 Å². The zero-order chi connectivity index (χ0) is 25.6. The Morgan fingerprint density at radius 2 is 1.83 bits per heavy atom. The molecule has 1 saturated heterocycles. The molecule has 1 unspecified atom stereocenters. The van der Waals surface area contributed by atoms with Gasteiger partial charge in [-0.15, -0.1) is 5.10 Å². The number of benzene rings is 2. The quantitative estimate of drug-likeness (QED) is 0.513. The number of nitrogens with zero attached hydrogens (tertiary/aromatic N) is 4. The molecule has 10 heteroatoms. The highest BCUT2D eigenvalue weighted by molar-refractivity contribution is 6.00. The van der Waals surface area contributed by atoms with Crippen LogP contribution in [0.15, 0.2) is 36.4 Å². The number of anilines is 2. The molecule has 1 amide bonds. The molecule has 36 heavy (non-hydrogen) atoms. The number of halogens is 3. The van der Waals surface area contributed by atoms with Gasteiger partial charge < -0.3 is 10.6 Å². The molecule has 3 heterocycles. The van der Waals surface area contributed by atoms with Crippen molar-refractivity contribution in [3.63, 3.8) is 0 Å². The van der Waals surface area contributed by atoms with Gasteiger partial charge >= 0.3 is 6.18 Å². The van der Waals surface area contributed by atoms with Gasteiger partial charge in [-0.1, -0.05) is 24.3 Å². The van der Waals surface area contributed by atoms with E-state index < -0.39 is 12.7 Å². The number of piperidine rings is 1. The van der Waals surface area contributed by atoms with E-state index in [1.165, 1.54) is 4.90 Å². The van der Waals surface area contributed by atoms with E-state index in [2.05, 4.69) is 20.7 Å². The number of aryl methyl sites for hydroxylation is 2. The fourth-order valence-corrected chi connectivity index (χ4v) is 5.08. The summed E-state index contributed by atoms with van der Waals surface area (Å²) >= 11 is 0. The van der Waals surface area contributed by atoms with E-state index in [4.69, 9.17) is 0 Å². The van der Waals surface area contributed by atoms with Gasteiger partial charge in [-0.25, -0.2) is 4.68 Å². The van der Waals surface area contributed by atoms with Crippen molar-refractivity contribution >= 4 is 17.5 Å². The van der Waals surface area contributed by atoms with Gasteiger partial charge in [0.15, 0.2) is 5.82 Å². The van der Waals surface area contributed by atoms with Gasteiger partial charge in [0.2, 0.25) is 5.95 Å². The van der Waals surface area contributed by atoms with E-state index >= 15 is 0 Å². The highest BCUT2D eigenvalue weighted by atomic mass is 19.4. The summed E-state index contributed by atoms with van der Waals surface area (Å²) in [5, 5.41) is 10.8. The number of alkyl halides is 3. The first-order chi connectivity index (χ1) is 17.1. The molecule has 3 aromatic rings. The van der Waals surface area contributed by atoms with Gasteiger partial charge in [0.25, 0.3) is 5.91 Å². The molecule has 0 radical (unpaired) electrons. The zero-order valence-corrected chi connectivity index (χ0v) is 20.5. The SMILES string of the molecule is Cc1cc2c(cc1Nc1nc(-c3ccc(C4CCN(CC(F)(F)F)CC4)cc3)nn1C)C(C)NC2=O. The second-order valence-electron chi connectivity index (χ2n) is 9.74. The third kappa shape index (κ3) is 4.95. The number of aromatic nitrogens is 3. The van der Waals surface area contributed by atoms with Gasteiger partial charge in [0, 0.05) is 23.9 Å². The molecule has 7 nitrogen and oxygen atoms in total. The van der Waals surface area contributed by atoms with Crippen LogP contribution in [0.4, 0.5) is 24.8 Å². The Balaban J connectivity index is 1.27. The summed E-state index contributed by atoms with van der Waals surface area (Å²) in [6.45, 7) is 3.97. The highest BCUT2D eigenvalue weighted by Gasteiger charge is 2.33. The molecular formula is C26H29F3N6O. The number of carbonyl (C=O) groups is 1. The minimum absolute atomic E-state index is 0.0425. The summed E-state index contributed by atoms with van der Waals surface area (Å²) in [6, 6.07) is 11.8. The third-order valence-corrected chi connectivity index (χ3v) is 7.10. The predicted molar refractivity (Wildman–Crippen MR) is 131 cm³/mol. The Morgan fingerprint density at radius 3 is 2.50 bits per heavy atom. The molecule has 190 valence electrons. The molecule has 2 aliphatic heterocycles. The van der Waals surface area contributed by atoms with Crippen LogP contribution in [0.2, 0.25) is 0 Å². The summed E-state index contributed by atoms with van der Waals surface area (Å²) in [7, 11) is 1.82. The fraction of sp³-hybridized carbons (Fsp3) is 0.423. The topological polar surface area (TPSA) is 75.1 Å². The van der Waals surface area contributed by atoms with Crippen molar-refractivity contribution in [1.29, 1.82) is 0 Å². The maximum absolute atomic E-state index is 12.6. The van der Waals surface area contributed by atoms with Crippen LogP contribution in [0.1, 0.15) is 58.8 Å². The molecular weight excluding hydrogens is 469 g/mol. The standard InChI is InChI=1S/C26H29F3N6O/c1-15-12-21-20(16(2)30-24(21)36)13-22(15)31-25-32-23(33-34(25)3)19-6-4-17(5-7-19)18-8-10-35(11-9-18)14-26(27,28)29/h4-7,12-13,16,18H,8-11,14H2,1-3H3,(H,30,36)(H,31,32,33). The minimum Gasteiger partial charge on any atom is -0.345 e. The van der Waals surface area contributed by atoms with Crippen LogP contribution in [0.25, 0.3) is 11.4 Å². The summed E-state index contributed by atoms with van der Waals surface area (Å²) in [4.78, 5) is 18.3. The van der Waals surface area contributed by atoms with E-state index in [-0.39, 0.29) is 17.9 Å². The molecule has 2 N–H and O–H groups in total. The summed E-state index contributed by atoms with van der Waals surface area (Å²) < 4.78 is 39.6. The van der Waals surface area contributed by atoms with Crippen molar-refractivity contribution in [1.82, 2.24) is 25.0 Å². The van der Waals surface area contributed by atoms with Gasteiger partial charge in [-0.05, 0) is 74.5 Å². The molecule has 0 aliphatic carbocycles. The van der Waals surface area contributed by atoms with Crippen LogP contribution < -0.4 is 10.6 Å². The van der Waals surface area contributed by atoms with E-state index in [9.17, 15) is 18.0 Å². The van der Waals surface area contributed by atoms with Gasteiger partial charge in [-0.3, -0.25) is 9.69 Å². The van der Waals surface area contributed by atoms with Crippen LogP contribution in [-0.2, 0) is 7.05 Å². The maximum atomic E-state index is 12.6. The van der Waals surface area contributed by atoms with Gasteiger partial charge in [0.1, 0.15) is 0 Å². The predicted octanol–water partition coefficient (Wildman–Crippen LogP) is 5.08. The molecule has 1 atom stereocenters. The number of rotatable bonds is 5. The lowest BCUT2D eigenvalue weighted by Gasteiger charge is -2.32. The Labute approximate surface area is 207 Å². The smallest absolute Gasteiger partial charge is 0.345 e. The number of hydrogen-bond donors (Lipinski definition) is 2. The lowest BCUT2D eigenvalue weighted by molar-refractivity contribution is -0.147. The fourth-order valence-electron chi connectivity index (χ4n) is 5.08. The van der Waals surface area contributed by atoms with Crippen molar-refractivity contribution in [3.8, 4) is 11.4 Å². The largest absolute Gasteiger partial charge is 0.401 e. The monoisotopic (exact) mass is 498 g/mol. The summed E-state index contributed by atoms with van der Waals surface area (Å²) in [5.41, 5.74) is 5.46. The molecule has 2 aromatic carbocycles. The Hall–Kier alpha value is -3.40. The first-order valence-electron chi connectivity index (χ1n) is 12.1. The number of amides is 1. The Bertz CT molecular complexity index is 1280. The van der Waals surface area contributed by atoms with Crippen molar-refractivity contribution < 1.29 is 18.0 Å².